The Bertz CT molecular complexity index is 796. The summed E-state index contributed by atoms with van der Waals surface area (Å²) < 4.78 is 43.2. The lowest BCUT2D eigenvalue weighted by molar-refractivity contribution is -0.137. The molecule has 0 saturated heterocycles. The van der Waals surface area contributed by atoms with E-state index >= 15 is 0 Å². The van der Waals surface area contributed by atoms with Gasteiger partial charge >= 0.3 is 12.3 Å². The molecule has 0 aliphatic heterocycles. The molecular weight excluding hydrogens is 389 g/mol. The van der Waals surface area contributed by atoms with Crippen molar-refractivity contribution in [3.63, 3.8) is 0 Å². The van der Waals surface area contributed by atoms with Crippen LogP contribution in [0.5, 0.6) is 0 Å². The zero-order valence-corrected chi connectivity index (χ0v) is 15.7. The van der Waals surface area contributed by atoms with Gasteiger partial charge in [0.05, 0.1) is 12.2 Å². The second-order valence-corrected chi connectivity index (χ2v) is 6.06. The molecule has 29 heavy (non-hydrogen) atoms. The Kier molecular flexibility index (Phi) is 8.02. The van der Waals surface area contributed by atoms with Crippen molar-refractivity contribution in [2.45, 2.75) is 32.2 Å². The summed E-state index contributed by atoms with van der Waals surface area (Å²) in [5.74, 6) is -0.650. The maximum atomic E-state index is 12.7. The smallest absolute Gasteiger partial charge is 0.416 e. The number of hydrogen-bond acceptors (Lipinski definition) is 4. The monoisotopic (exact) mass is 410 g/mol. The normalized spacial score (nSPS) is 12.1. The third-order valence-electron chi connectivity index (χ3n) is 3.86. The average Bonchev–Trinajstić information content (AvgIpc) is 2.70. The van der Waals surface area contributed by atoms with E-state index in [1.54, 1.807) is 31.2 Å². The topological polar surface area (TPSA) is 76.7 Å². The predicted octanol–water partition coefficient (Wildman–Crippen LogP) is 3.61. The van der Waals surface area contributed by atoms with Gasteiger partial charge in [0, 0.05) is 6.42 Å². The SMILES string of the molecule is CCONC(=O)C(Cc1ccc(C(F)(F)F)cc1)NC(=O)OCc1ccccc1. The number of benzene rings is 2. The highest BCUT2D eigenvalue weighted by Crippen LogP contribution is 2.29. The Morgan fingerprint density at radius 2 is 1.66 bits per heavy atom. The highest BCUT2D eigenvalue weighted by atomic mass is 19.4. The van der Waals surface area contributed by atoms with Crippen LogP contribution in [-0.2, 0) is 33.6 Å². The van der Waals surface area contributed by atoms with Crippen molar-refractivity contribution in [1.82, 2.24) is 10.8 Å². The number of carbonyl (C=O) groups is 2. The van der Waals surface area contributed by atoms with Crippen LogP contribution in [0.1, 0.15) is 23.6 Å². The van der Waals surface area contributed by atoms with Crippen LogP contribution in [-0.4, -0.2) is 24.6 Å². The van der Waals surface area contributed by atoms with Crippen LogP contribution in [0.15, 0.2) is 54.6 Å². The summed E-state index contributed by atoms with van der Waals surface area (Å²) in [6, 6.07) is 12.2. The second kappa shape index (κ2) is 10.5. The molecule has 6 nitrogen and oxygen atoms in total. The number of nitrogens with one attached hydrogen (secondary N) is 2. The van der Waals surface area contributed by atoms with E-state index in [2.05, 4.69) is 10.8 Å². The van der Waals surface area contributed by atoms with E-state index < -0.39 is 29.8 Å². The number of hydrogen-bond donors (Lipinski definition) is 2. The largest absolute Gasteiger partial charge is 0.445 e. The minimum Gasteiger partial charge on any atom is -0.445 e. The molecule has 1 unspecified atom stereocenters. The molecule has 0 radical (unpaired) electrons. The van der Waals surface area contributed by atoms with E-state index in [1.165, 1.54) is 12.1 Å². The first-order valence-corrected chi connectivity index (χ1v) is 8.84. The lowest BCUT2D eigenvalue weighted by atomic mass is 10.0. The number of halogens is 3. The number of hydroxylamine groups is 1. The van der Waals surface area contributed by atoms with E-state index in [4.69, 9.17) is 9.57 Å². The molecule has 0 heterocycles. The van der Waals surface area contributed by atoms with Crippen molar-refractivity contribution in [3.8, 4) is 0 Å². The van der Waals surface area contributed by atoms with Gasteiger partial charge in [0.25, 0.3) is 5.91 Å². The number of ether oxygens (including phenoxy) is 1. The molecule has 0 saturated carbocycles. The molecule has 1 atom stereocenters. The van der Waals surface area contributed by atoms with E-state index in [1.807, 2.05) is 6.07 Å². The number of carbonyl (C=O) groups excluding carboxylic acids is 2. The number of alkyl carbamates (subject to hydrolysis) is 1. The van der Waals surface area contributed by atoms with Crippen molar-refractivity contribution in [2.24, 2.45) is 0 Å². The van der Waals surface area contributed by atoms with Gasteiger partial charge in [0.15, 0.2) is 0 Å². The molecule has 2 N–H and O–H groups in total. The lowest BCUT2D eigenvalue weighted by Crippen LogP contribution is -2.48. The van der Waals surface area contributed by atoms with Crippen LogP contribution in [0.4, 0.5) is 18.0 Å². The fraction of sp³-hybridized carbons (Fsp3) is 0.300. The van der Waals surface area contributed by atoms with Crippen molar-refractivity contribution in [1.29, 1.82) is 0 Å². The molecule has 0 fully saturated rings. The van der Waals surface area contributed by atoms with Crippen molar-refractivity contribution in [2.75, 3.05) is 6.61 Å². The van der Waals surface area contributed by atoms with Gasteiger partial charge < -0.3 is 10.1 Å². The quantitative estimate of drug-likeness (QED) is 0.652. The van der Waals surface area contributed by atoms with E-state index in [0.717, 1.165) is 17.7 Å². The van der Waals surface area contributed by atoms with Gasteiger partial charge in [-0.1, -0.05) is 42.5 Å². The molecular formula is C20H21F3N2O4. The summed E-state index contributed by atoms with van der Waals surface area (Å²) in [6.45, 7) is 1.87. The Morgan fingerprint density at radius 3 is 2.24 bits per heavy atom. The van der Waals surface area contributed by atoms with Crippen LogP contribution in [0, 0.1) is 0 Å². The Balaban J connectivity index is 2.02. The van der Waals surface area contributed by atoms with Crippen molar-refractivity contribution < 1.29 is 32.3 Å². The van der Waals surface area contributed by atoms with Crippen LogP contribution in [0.25, 0.3) is 0 Å². The molecule has 0 aliphatic carbocycles. The standard InChI is InChI=1S/C20H21F3N2O4/c1-2-29-25-18(26)17(12-14-8-10-16(11-9-14)20(21,22)23)24-19(27)28-13-15-6-4-3-5-7-15/h3-11,17H,2,12-13H2,1H3,(H,24,27)(H,25,26). The summed E-state index contributed by atoms with van der Waals surface area (Å²) in [6.07, 6.45) is -5.33. The molecule has 2 aromatic rings. The van der Waals surface area contributed by atoms with E-state index in [0.29, 0.717) is 5.56 Å². The van der Waals surface area contributed by atoms with Crippen LogP contribution >= 0.6 is 0 Å². The van der Waals surface area contributed by atoms with Crippen LogP contribution in [0.3, 0.4) is 0 Å². The molecule has 0 spiro atoms. The van der Waals surface area contributed by atoms with Crippen LogP contribution in [0.2, 0.25) is 0 Å². The third-order valence-corrected chi connectivity index (χ3v) is 3.86. The molecule has 0 aliphatic rings. The maximum absolute atomic E-state index is 12.7. The number of rotatable bonds is 8. The first kappa shape index (κ1) is 22.2. The third kappa shape index (κ3) is 7.46. The first-order chi connectivity index (χ1) is 13.8. The van der Waals surface area contributed by atoms with Gasteiger partial charge in [-0.15, -0.1) is 0 Å². The summed E-state index contributed by atoms with van der Waals surface area (Å²) in [5.41, 5.74) is 2.57. The fourth-order valence-corrected chi connectivity index (χ4v) is 2.40. The lowest BCUT2D eigenvalue weighted by Gasteiger charge is -2.18. The van der Waals surface area contributed by atoms with E-state index in [9.17, 15) is 22.8 Å². The molecule has 0 bridgehead atoms. The van der Waals surface area contributed by atoms with E-state index in [-0.39, 0.29) is 19.6 Å². The number of amides is 2. The summed E-state index contributed by atoms with van der Waals surface area (Å²) >= 11 is 0. The number of alkyl halides is 3. The summed E-state index contributed by atoms with van der Waals surface area (Å²) in [4.78, 5) is 29.2. The van der Waals surface area contributed by atoms with Crippen LogP contribution < -0.4 is 10.8 Å². The Hall–Kier alpha value is -3.07. The van der Waals surface area contributed by atoms with Crippen molar-refractivity contribution in [3.05, 3.63) is 71.3 Å². The molecule has 156 valence electrons. The van der Waals surface area contributed by atoms with Gasteiger partial charge in [-0.25, -0.2) is 10.3 Å². The van der Waals surface area contributed by atoms with Gasteiger partial charge in [-0.3, -0.25) is 9.63 Å². The molecule has 2 aromatic carbocycles. The molecule has 0 aromatic heterocycles. The Morgan fingerprint density at radius 1 is 1.00 bits per heavy atom. The molecule has 2 rings (SSSR count). The zero-order valence-electron chi connectivity index (χ0n) is 15.7. The van der Waals surface area contributed by atoms with Gasteiger partial charge in [0.1, 0.15) is 12.6 Å². The zero-order chi connectivity index (χ0) is 21.3. The van der Waals surface area contributed by atoms with Crippen molar-refractivity contribution >= 4 is 12.0 Å². The second-order valence-electron chi connectivity index (χ2n) is 6.06. The predicted molar refractivity (Wildman–Crippen MR) is 98.5 cm³/mol. The maximum Gasteiger partial charge on any atom is 0.416 e. The highest BCUT2D eigenvalue weighted by Gasteiger charge is 2.30. The highest BCUT2D eigenvalue weighted by molar-refractivity contribution is 5.85. The Labute approximate surface area is 166 Å². The molecule has 9 heteroatoms. The first-order valence-electron chi connectivity index (χ1n) is 8.84. The van der Waals surface area contributed by atoms with Gasteiger partial charge in [-0.2, -0.15) is 13.2 Å². The van der Waals surface area contributed by atoms with Gasteiger partial charge in [0.2, 0.25) is 0 Å². The minimum absolute atomic E-state index is 0.00670. The fourth-order valence-electron chi connectivity index (χ4n) is 2.40. The molecule has 2 amide bonds. The summed E-state index contributed by atoms with van der Waals surface area (Å²) in [7, 11) is 0. The summed E-state index contributed by atoms with van der Waals surface area (Å²) in [5, 5.41) is 2.41. The average molecular weight is 410 g/mol. The minimum atomic E-state index is -4.45. The van der Waals surface area contributed by atoms with Gasteiger partial charge in [-0.05, 0) is 30.2 Å².